The van der Waals surface area contributed by atoms with Gasteiger partial charge in [0.15, 0.2) is 0 Å². The van der Waals surface area contributed by atoms with Crippen LogP contribution in [0.15, 0.2) is 60.8 Å². The van der Waals surface area contributed by atoms with Gasteiger partial charge in [0.25, 0.3) is 5.91 Å². The summed E-state index contributed by atoms with van der Waals surface area (Å²) >= 11 is 0. The average Bonchev–Trinajstić information content (AvgIpc) is 3.39. The van der Waals surface area contributed by atoms with Gasteiger partial charge >= 0.3 is 6.09 Å². The highest BCUT2D eigenvalue weighted by Crippen LogP contribution is 2.35. The van der Waals surface area contributed by atoms with Gasteiger partial charge in [-0.2, -0.15) is 0 Å². The first-order valence-electron chi connectivity index (χ1n) is 16.6. The largest absolute Gasteiger partial charge is 0.497 e. The third-order valence-electron chi connectivity index (χ3n) is 8.78. The van der Waals surface area contributed by atoms with Crippen LogP contribution in [0.1, 0.15) is 66.5 Å². The van der Waals surface area contributed by atoms with Gasteiger partial charge in [-0.15, -0.1) is 0 Å². The summed E-state index contributed by atoms with van der Waals surface area (Å²) in [5, 5.41) is 2.97. The first kappa shape index (κ1) is 34.6. The molecule has 2 aliphatic rings. The molecule has 0 aliphatic carbocycles. The van der Waals surface area contributed by atoms with Crippen LogP contribution in [0.5, 0.6) is 11.5 Å². The molecule has 2 amide bonds. The molecule has 262 valence electrons. The van der Waals surface area contributed by atoms with E-state index in [2.05, 4.69) is 15.2 Å². The first-order valence-corrected chi connectivity index (χ1v) is 16.6. The molecule has 0 spiro atoms. The van der Waals surface area contributed by atoms with Gasteiger partial charge in [0.1, 0.15) is 28.7 Å². The highest BCUT2D eigenvalue weighted by molar-refractivity contribution is 5.99. The summed E-state index contributed by atoms with van der Waals surface area (Å²) in [5.41, 5.74) is 3.03. The predicted octanol–water partition coefficient (Wildman–Crippen LogP) is 6.68. The predicted molar refractivity (Wildman–Crippen MR) is 184 cm³/mol. The zero-order valence-corrected chi connectivity index (χ0v) is 28.9. The Morgan fingerprint density at radius 1 is 1.00 bits per heavy atom. The summed E-state index contributed by atoms with van der Waals surface area (Å²) in [5.74, 6) is -0.528. The SMILES string of the molecule is COc1ccc(CN2Cc3nc(-c4c(F)cccc4F)cc(Cc4ccc(N5CCC[C@H](NC(=O)OC(C)(C)C)C5)cn4)c3C2=O)c(OC)c1. The Kier molecular flexibility index (Phi) is 9.90. The van der Waals surface area contributed by atoms with Crippen molar-refractivity contribution in [3.63, 3.8) is 0 Å². The molecule has 50 heavy (non-hydrogen) atoms. The molecule has 1 saturated heterocycles. The number of anilines is 1. The number of rotatable bonds is 9. The van der Waals surface area contributed by atoms with Crippen LogP contribution in [0.4, 0.5) is 19.3 Å². The number of methoxy groups -OCH3 is 2. The molecule has 4 heterocycles. The van der Waals surface area contributed by atoms with Crippen molar-refractivity contribution in [1.29, 1.82) is 0 Å². The van der Waals surface area contributed by atoms with Gasteiger partial charge in [-0.1, -0.05) is 6.07 Å². The van der Waals surface area contributed by atoms with Crippen molar-refractivity contribution in [3.05, 3.63) is 101 Å². The van der Waals surface area contributed by atoms with E-state index in [0.29, 0.717) is 40.6 Å². The van der Waals surface area contributed by atoms with Crippen LogP contribution >= 0.6 is 0 Å². The van der Waals surface area contributed by atoms with Crippen LogP contribution in [-0.4, -0.2) is 65.8 Å². The van der Waals surface area contributed by atoms with Gasteiger partial charge in [-0.25, -0.2) is 18.6 Å². The number of benzene rings is 2. The smallest absolute Gasteiger partial charge is 0.407 e. The Labute approximate surface area is 290 Å². The van der Waals surface area contributed by atoms with Crippen molar-refractivity contribution in [3.8, 4) is 22.8 Å². The molecule has 0 saturated carbocycles. The summed E-state index contributed by atoms with van der Waals surface area (Å²) in [6, 6.07) is 14.4. The summed E-state index contributed by atoms with van der Waals surface area (Å²) < 4.78 is 46.3. The van der Waals surface area contributed by atoms with Gasteiger partial charge < -0.3 is 29.3 Å². The molecular formula is C38H41F2N5O5. The molecule has 10 nitrogen and oxygen atoms in total. The van der Waals surface area contributed by atoms with E-state index in [-0.39, 0.29) is 42.7 Å². The highest BCUT2D eigenvalue weighted by Gasteiger charge is 2.33. The molecule has 0 radical (unpaired) electrons. The molecule has 4 aromatic rings. The number of nitrogens with zero attached hydrogens (tertiary/aromatic N) is 4. The second kappa shape index (κ2) is 14.3. The van der Waals surface area contributed by atoms with E-state index in [1.165, 1.54) is 18.2 Å². The molecule has 2 aromatic carbocycles. The minimum Gasteiger partial charge on any atom is -0.497 e. The summed E-state index contributed by atoms with van der Waals surface area (Å²) in [6.07, 6.45) is 3.31. The van der Waals surface area contributed by atoms with Crippen LogP contribution in [0.3, 0.4) is 0 Å². The van der Waals surface area contributed by atoms with Crippen molar-refractivity contribution in [1.82, 2.24) is 20.2 Å². The van der Waals surface area contributed by atoms with E-state index in [1.54, 1.807) is 43.5 Å². The molecule has 1 atom stereocenters. The highest BCUT2D eigenvalue weighted by atomic mass is 19.1. The van der Waals surface area contributed by atoms with Crippen LogP contribution < -0.4 is 19.7 Å². The number of piperidine rings is 1. The molecule has 6 rings (SSSR count). The first-order chi connectivity index (χ1) is 23.9. The Bertz CT molecular complexity index is 1880. The quantitative estimate of drug-likeness (QED) is 0.208. The van der Waals surface area contributed by atoms with Crippen molar-refractivity contribution in [2.75, 3.05) is 32.2 Å². The summed E-state index contributed by atoms with van der Waals surface area (Å²) in [6.45, 7) is 7.30. The number of fused-ring (bicyclic) bond motifs is 1. The maximum absolute atomic E-state index is 15.0. The molecule has 2 aromatic heterocycles. The van der Waals surface area contributed by atoms with Crippen LogP contribution in [0.25, 0.3) is 11.3 Å². The molecular weight excluding hydrogens is 644 g/mol. The van der Waals surface area contributed by atoms with Crippen molar-refractivity contribution in [2.45, 2.75) is 64.8 Å². The fourth-order valence-corrected chi connectivity index (χ4v) is 6.47. The third kappa shape index (κ3) is 7.64. The van der Waals surface area contributed by atoms with E-state index in [1.807, 2.05) is 39.0 Å². The second-order valence-corrected chi connectivity index (χ2v) is 13.5. The Morgan fingerprint density at radius 2 is 1.78 bits per heavy atom. The third-order valence-corrected chi connectivity index (χ3v) is 8.78. The Balaban J connectivity index is 1.26. The number of hydrogen-bond acceptors (Lipinski definition) is 8. The lowest BCUT2D eigenvalue weighted by Crippen LogP contribution is -2.49. The maximum Gasteiger partial charge on any atom is 0.407 e. The standard InChI is InChI=1S/C38H41F2N5O5/c1-38(2,3)50-37(47)42-26-8-7-15-44(21-26)27-13-12-25(41-19-27)16-24-17-31(35-29(39)9-6-10-30(35)40)43-32-22-45(36(46)34(24)32)20-23-11-14-28(48-4)18-33(23)49-5/h6,9-14,17-19,26H,7-8,15-16,20-22H2,1-5H3,(H,42,47)/t26-/m0/s1. The lowest BCUT2D eigenvalue weighted by Gasteiger charge is -2.35. The summed E-state index contributed by atoms with van der Waals surface area (Å²) in [4.78, 5) is 39.5. The topological polar surface area (TPSA) is 106 Å². The lowest BCUT2D eigenvalue weighted by molar-refractivity contribution is 0.0499. The molecule has 1 fully saturated rings. The van der Waals surface area contributed by atoms with Crippen LogP contribution in [0.2, 0.25) is 0 Å². The number of carbonyl (C=O) groups is 2. The fraction of sp³-hybridized carbons (Fsp3) is 0.368. The molecule has 0 unspecified atom stereocenters. The van der Waals surface area contributed by atoms with E-state index in [4.69, 9.17) is 19.2 Å². The number of ether oxygens (including phenoxy) is 3. The van der Waals surface area contributed by atoms with Crippen molar-refractivity contribution >= 4 is 17.7 Å². The number of amides is 2. The van der Waals surface area contributed by atoms with Gasteiger partial charge in [0, 0.05) is 42.9 Å². The number of halogens is 2. The normalized spacial score (nSPS) is 15.9. The van der Waals surface area contributed by atoms with Gasteiger partial charge in [0.05, 0.1) is 61.7 Å². The number of pyridine rings is 2. The van der Waals surface area contributed by atoms with Gasteiger partial charge in [-0.05, 0) is 81.6 Å². The number of nitrogens with one attached hydrogen (secondary N) is 1. The van der Waals surface area contributed by atoms with Gasteiger partial charge in [-0.3, -0.25) is 9.78 Å². The Morgan fingerprint density at radius 3 is 2.46 bits per heavy atom. The average molecular weight is 686 g/mol. The number of hydrogen-bond donors (Lipinski definition) is 1. The van der Waals surface area contributed by atoms with E-state index >= 15 is 0 Å². The second-order valence-electron chi connectivity index (χ2n) is 13.5. The molecule has 12 heteroatoms. The zero-order valence-electron chi connectivity index (χ0n) is 28.9. The van der Waals surface area contributed by atoms with E-state index in [9.17, 15) is 18.4 Å². The number of alkyl carbamates (subject to hydrolysis) is 1. The number of aromatic nitrogens is 2. The fourth-order valence-electron chi connectivity index (χ4n) is 6.47. The Hall–Kier alpha value is -5.26. The van der Waals surface area contributed by atoms with Crippen LogP contribution in [-0.2, 0) is 24.2 Å². The maximum atomic E-state index is 15.0. The summed E-state index contributed by atoms with van der Waals surface area (Å²) in [7, 11) is 3.12. The molecule has 1 N–H and O–H groups in total. The molecule has 2 aliphatic heterocycles. The van der Waals surface area contributed by atoms with Crippen molar-refractivity contribution < 1.29 is 32.6 Å². The zero-order chi connectivity index (χ0) is 35.6. The van der Waals surface area contributed by atoms with Crippen LogP contribution in [0, 0.1) is 11.6 Å². The number of carbonyl (C=O) groups excluding carboxylic acids is 2. The monoisotopic (exact) mass is 685 g/mol. The minimum atomic E-state index is -0.740. The van der Waals surface area contributed by atoms with E-state index in [0.717, 1.165) is 30.6 Å². The van der Waals surface area contributed by atoms with Gasteiger partial charge in [0.2, 0.25) is 0 Å². The molecule has 0 bridgehead atoms. The minimum absolute atomic E-state index is 0.0678. The lowest BCUT2D eigenvalue weighted by atomic mass is 9.98. The van der Waals surface area contributed by atoms with E-state index < -0.39 is 23.3 Å². The van der Waals surface area contributed by atoms with Crippen molar-refractivity contribution in [2.24, 2.45) is 0 Å².